The first kappa shape index (κ1) is 20.5. The van der Waals surface area contributed by atoms with Crippen molar-refractivity contribution in [2.75, 3.05) is 17.3 Å². The fourth-order valence-electron chi connectivity index (χ4n) is 1.89. The Morgan fingerprint density at radius 1 is 1.40 bits per heavy atom. The molecule has 0 aliphatic heterocycles. The number of carbonyl (C=O) groups excluding carboxylic acids is 1. The van der Waals surface area contributed by atoms with Crippen LogP contribution in [0.1, 0.15) is 6.42 Å². The van der Waals surface area contributed by atoms with Crippen LogP contribution in [0.25, 0.3) is 0 Å². The van der Waals surface area contributed by atoms with E-state index in [1.165, 1.54) is 41.3 Å². The van der Waals surface area contributed by atoms with E-state index in [0.29, 0.717) is 17.3 Å². The first-order chi connectivity index (χ1) is 11.8. The van der Waals surface area contributed by atoms with Gasteiger partial charge in [0.15, 0.2) is 5.13 Å². The van der Waals surface area contributed by atoms with Crippen LogP contribution in [0.4, 0.5) is 5.13 Å². The molecule has 2 N–H and O–H groups in total. The maximum absolute atomic E-state index is 12.6. The average Bonchev–Trinajstić information content (AvgIpc) is 3.06. The van der Waals surface area contributed by atoms with E-state index < -0.39 is 22.0 Å². The molecule has 0 spiro atoms. The Hall–Kier alpha value is -0.840. The molecule has 1 aromatic heterocycles. The number of hydrogen-bond donors (Lipinski definition) is 2. The first-order valence-corrected chi connectivity index (χ1v) is 11.5. The second-order valence-electron chi connectivity index (χ2n) is 4.86. The van der Waals surface area contributed by atoms with Crippen molar-refractivity contribution in [3.63, 3.8) is 0 Å². The highest BCUT2D eigenvalue weighted by atomic mass is 35.5. The van der Waals surface area contributed by atoms with E-state index in [9.17, 15) is 13.2 Å². The standard InChI is InChI=1S/C14H15Cl2N3O3S3/c1-23-6-4-11(13(20)18-14-17-5-7-24-14)19-25(21,22)12-8-9(15)2-3-10(12)16/h2-3,5,7-8,11,19H,4,6H2,1H3,(H,17,18,20)/t11-/m0/s1. The SMILES string of the molecule is CSCC[C@H](NS(=O)(=O)c1cc(Cl)ccc1Cl)C(=O)Nc1nccs1. The maximum Gasteiger partial charge on any atom is 0.244 e. The molecule has 25 heavy (non-hydrogen) atoms. The van der Waals surface area contributed by atoms with Crippen molar-refractivity contribution in [1.29, 1.82) is 0 Å². The molecular weight excluding hydrogens is 425 g/mol. The van der Waals surface area contributed by atoms with E-state index in [1.54, 1.807) is 11.6 Å². The third-order valence-electron chi connectivity index (χ3n) is 3.07. The van der Waals surface area contributed by atoms with E-state index in [1.807, 2.05) is 6.26 Å². The number of rotatable bonds is 8. The minimum atomic E-state index is -4.02. The van der Waals surface area contributed by atoms with Crippen molar-refractivity contribution in [3.05, 3.63) is 39.8 Å². The quantitative estimate of drug-likeness (QED) is 0.656. The van der Waals surface area contributed by atoms with Gasteiger partial charge >= 0.3 is 0 Å². The third-order valence-corrected chi connectivity index (χ3v) is 6.59. The predicted octanol–water partition coefficient (Wildman–Crippen LogP) is 3.49. The van der Waals surface area contributed by atoms with Crippen molar-refractivity contribution < 1.29 is 13.2 Å². The van der Waals surface area contributed by atoms with Crippen LogP contribution in [0.3, 0.4) is 0 Å². The van der Waals surface area contributed by atoms with E-state index in [4.69, 9.17) is 23.2 Å². The first-order valence-electron chi connectivity index (χ1n) is 7.00. The lowest BCUT2D eigenvalue weighted by Crippen LogP contribution is -2.44. The Labute approximate surface area is 164 Å². The molecule has 1 amide bonds. The zero-order valence-corrected chi connectivity index (χ0v) is 17.0. The maximum atomic E-state index is 12.6. The average molecular weight is 440 g/mol. The van der Waals surface area contributed by atoms with Crippen molar-refractivity contribution in [2.45, 2.75) is 17.4 Å². The van der Waals surface area contributed by atoms with Crippen LogP contribution in [0.15, 0.2) is 34.7 Å². The highest BCUT2D eigenvalue weighted by Gasteiger charge is 2.27. The zero-order valence-electron chi connectivity index (χ0n) is 13.0. The molecule has 2 aromatic rings. The van der Waals surface area contributed by atoms with Crippen molar-refractivity contribution in [2.24, 2.45) is 0 Å². The molecule has 1 aromatic carbocycles. The van der Waals surface area contributed by atoms with E-state index in [2.05, 4.69) is 15.0 Å². The zero-order chi connectivity index (χ0) is 18.4. The van der Waals surface area contributed by atoms with Crippen LogP contribution in [-0.2, 0) is 14.8 Å². The summed E-state index contributed by atoms with van der Waals surface area (Å²) in [5.41, 5.74) is 0. The largest absolute Gasteiger partial charge is 0.301 e. The fraction of sp³-hybridized carbons (Fsp3) is 0.286. The molecule has 136 valence electrons. The van der Waals surface area contributed by atoms with Gasteiger partial charge in [0.05, 0.1) is 5.02 Å². The van der Waals surface area contributed by atoms with Gasteiger partial charge in [0, 0.05) is 16.6 Å². The monoisotopic (exact) mass is 439 g/mol. The highest BCUT2D eigenvalue weighted by Crippen LogP contribution is 2.25. The van der Waals surface area contributed by atoms with E-state index >= 15 is 0 Å². The summed E-state index contributed by atoms with van der Waals surface area (Å²) in [7, 11) is -4.02. The van der Waals surface area contributed by atoms with Crippen molar-refractivity contribution in [3.8, 4) is 0 Å². The molecule has 0 aliphatic carbocycles. The van der Waals surface area contributed by atoms with Gasteiger partial charge in [0.1, 0.15) is 10.9 Å². The lowest BCUT2D eigenvalue weighted by molar-refractivity contribution is -0.117. The fourth-order valence-corrected chi connectivity index (χ4v) is 4.89. The summed E-state index contributed by atoms with van der Waals surface area (Å²) in [4.78, 5) is 16.2. The van der Waals surface area contributed by atoms with Gasteiger partial charge in [-0.2, -0.15) is 16.5 Å². The Kier molecular flexibility index (Phi) is 7.53. The van der Waals surface area contributed by atoms with Crippen LogP contribution < -0.4 is 10.0 Å². The summed E-state index contributed by atoms with van der Waals surface area (Å²) in [6.07, 6.45) is 3.74. The highest BCUT2D eigenvalue weighted by molar-refractivity contribution is 7.98. The van der Waals surface area contributed by atoms with E-state index in [-0.39, 0.29) is 14.9 Å². The minimum Gasteiger partial charge on any atom is -0.301 e. The van der Waals surface area contributed by atoms with Gasteiger partial charge < -0.3 is 5.32 Å². The van der Waals surface area contributed by atoms with Gasteiger partial charge in [-0.1, -0.05) is 23.2 Å². The molecule has 0 radical (unpaired) electrons. The summed E-state index contributed by atoms with van der Waals surface area (Å²) in [6.45, 7) is 0. The number of benzene rings is 1. The second kappa shape index (κ2) is 9.20. The Bertz CT molecular complexity index is 829. The lowest BCUT2D eigenvalue weighted by Gasteiger charge is -2.18. The number of anilines is 1. The molecule has 0 bridgehead atoms. The Morgan fingerprint density at radius 3 is 2.80 bits per heavy atom. The van der Waals surface area contributed by atoms with Gasteiger partial charge in [-0.3, -0.25) is 4.79 Å². The summed E-state index contributed by atoms with van der Waals surface area (Å²) >= 11 is 14.6. The summed E-state index contributed by atoms with van der Waals surface area (Å²) in [5, 5.41) is 4.98. The number of carbonyl (C=O) groups is 1. The topological polar surface area (TPSA) is 88.2 Å². The van der Waals surface area contributed by atoms with Gasteiger partial charge in [-0.15, -0.1) is 11.3 Å². The molecule has 6 nitrogen and oxygen atoms in total. The molecular formula is C14H15Cl2N3O3S3. The summed E-state index contributed by atoms with van der Waals surface area (Å²) in [6, 6.07) is 3.17. The predicted molar refractivity (Wildman–Crippen MR) is 104 cm³/mol. The number of sulfonamides is 1. The molecule has 0 fully saturated rings. The third kappa shape index (κ3) is 5.83. The molecule has 0 unspecified atom stereocenters. The van der Waals surface area contributed by atoms with Crippen LogP contribution in [0, 0.1) is 0 Å². The Balaban J connectivity index is 2.22. The van der Waals surface area contributed by atoms with Crippen LogP contribution in [0.5, 0.6) is 0 Å². The number of halogens is 2. The van der Waals surface area contributed by atoms with Crippen molar-refractivity contribution >= 4 is 67.4 Å². The van der Waals surface area contributed by atoms with Crippen molar-refractivity contribution in [1.82, 2.24) is 9.71 Å². The molecule has 11 heteroatoms. The lowest BCUT2D eigenvalue weighted by atomic mass is 10.2. The van der Waals surface area contributed by atoms with E-state index in [0.717, 1.165) is 0 Å². The smallest absolute Gasteiger partial charge is 0.244 e. The van der Waals surface area contributed by atoms with Gasteiger partial charge in [-0.05, 0) is 36.6 Å². The summed E-state index contributed by atoms with van der Waals surface area (Å²) in [5.74, 6) is 0.118. The van der Waals surface area contributed by atoms with Gasteiger partial charge in [0.2, 0.25) is 15.9 Å². The molecule has 1 heterocycles. The minimum absolute atomic E-state index is 0.0286. The second-order valence-corrected chi connectivity index (χ2v) is 9.26. The molecule has 1 atom stereocenters. The molecule has 0 saturated heterocycles. The summed E-state index contributed by atoms with van der Waals surface area (Å²) < 4.78 is 27.7. The van der Waals surface area contributed by atoms with Crippen LogP contribution in [0.2, 0.25) is 10.0 Å². The number of aromatic nitrogens is 1. The van der Waals surface area contributed by atoms with Gasteiger partial charge in [0.25, 0.3) is 0 Å². The molecule has 0 aliphatic rings. The number of thioether (sulfide) groups is 1. The molecule has 2 rings (SSSR count). The van der Waals surface area contributed by atoms with Crippen LogP contribution >= 0.6 is 46.3 Å². The number of amides is 1. The van der Waals surface area contributed by atoms with Crippen LogP contribution in [-0.4, -0.2) is 37.4 Å². The normalized spacial score (nSPS) is 12.8. The number of nitrogens with zero attached hydrogens (tertiary/aromatic N) is 1. The van der Waals surface area contributed by atoms with Gasteiger partial charge in [-0.25, -0.2) is 13.4 Å². The Morgan fingerprint density at radius 2 is 2.16 bits per heavy atom. The molecule has 0 saturated carbocycles. The number of thiazole rings is 1. The number of hydrogen-bond acceptors (Lipinski definition) is 6. The number of nitrogens with one attached hydrogen (secondary N) is 2.